The van der Waals surface area contributed by atoms with Crippen molar-refractivity contribution in [2.45, 2.75) is 335 Å². The summed E-state index contributed by atoms with van der Waals surface area (Å²) in [4.78, 5) is 112. The third-order valence-corrected chi connectivity index (χ3v) is 33.4. The third-order valence-electron chi connectivity index (χ3n) is 33.4. The van der Waals surface area contributed by atoms with Crippen LogP contribution >= 0.6 is 0 Å². The van der Waals surface area contributed by atoms with Crippen molar-refractivity contribution in [1.82, 2.24) is 0 Å². The first-order valence-electron chi connectivity index (χ1n) is 42.4. The summed E-state index contributed by atoms with van der Waals surface area (Å²) in [5, 5.41) is 96.7. The van der Waals surface area contributed by atoms with Gasteiger partial charge >= 0.3 is 59.7 Å². The summed E-state index contributed by atoms with van der Waals surface area (Å²) >= 11 is 0. The van der Waals surface area contributed by atoms with Gasteiger partial charge in [-0.05, 0) is 205 Å². The maximum Gasteiger partial charge on any atom is 0.312 e. The SMILES string of the molecule is CC1(O)C2CC3C(=O)OC1C3C2.CC1(O)CCC2CC1(C)OC2=O.CC1(O)CCC2CC1OC2=O.CC12CC(CCC1O)C(=O)O2.CC12CC3C(=O)OC(C3C1)C2O.CC12CC3CC1C(OC2=O)C3O.CC12OC(=O)C3CC(CC31)C2O.CC1CC2CC(OC2=O)C1O.O=C1OC2C(O)C3CC1C2C3.O=C1OC2CC1CCC2O. The molecule has 41 unspecified atom stereocenters. The van der Waals surface area contributed by atoms with Crippen molar-refractivity contribution in [1.29, 1.82) is 0 Å². The van der Waals surface area contributed by atoms with Crippen LogP contribution in [0, 0.1) is 123 Å². The summed E-state index contributed by atoms with van der Waals surface area (Å²) in [5.74, 6) is 2.85. The number of carbonyl (C=O) groups is 10. The minimum absolute atomic E-state index is 0.0356. The molecule has 25 aliphatic rings. The summed E-state index contributed by atoms with van der Waals surface area (Å²) in [6.45, 7) is 16.8. The molecule has 10 saturated heterocycles. The second-order valence-corrected chi connectivity index (χ2v) is 40.7. The Morgan fingerprint density at radius 1 is 0.386 bits per heavy atom. The second kappa shape index (κ2) is 28.8. The molecule has 114 heavy (non-hydrogen) atoms. The van der Waals surface area contributed by atoms with Crippen LogP contribution in [0.5, 0.6) is 0 Å². The summed E-state index contributed by atoms with van der Waals surface area (Å²) in [6.07, 6.45) is 15.2. The van der Waals surface area contributed by atoms with E-state index in [1.807, 2.05) is 34.6 Å². The Labute approximate surface area is 662 Å². The molecule has 10 N–H and O–H groups in total. The molecule has 10 aliphatic heterocycles. The van der Waals surface area contributed by atoms with E-state index in [4.69, 9.17) is 47.4 Å². The normalized spacial score (nSPS) is 55.0. The van der Waals surface area contributed by atoms with E-state index in [9.17, 15) is 99.0 Å². The van der Waals surface area contributed by atoms with E-state index in [0.717, 1.165) is 116 Å². The van der Waals surface area contributed by atoms with E-state index in [-0.39, 0.29) is 185 Å². The zero-order valence-electron chi connectivity index (χ0n) is 66.7. The molecule has 0 aromatic heterocycles. The molecule has 0 aromatic carbocycles. The number of aliphatic hydroxyl groups excluding tert-OH is 7. The van der Waals surface area contributed by atoms with Crippen molar-refractivity contribution in [2.24, 2.45) is 123 Å². The highest BCUT2D eigenvalue weighted by Crippen LogP contribution is 2.65. The number of hydrogen-bond acceptors (Lipinski definition) is 30. The molecule has 0 radical (unpaired) electrons. The first-order chi connectivity index (χ1) is 53.4. The van der Waals surface area contributed by atoms with Crippen LogP contribution in [0.25, 0.3) is 0 Å². The van der Waals surface area contributed by atoms with Crippen LogP contribution in [0.1, 0.15) is 216 Å². The fourth-order valence-corrected chi connectivity index (χ4v) is 25.8. The standard InChI is InChI=1S/4C9H12O3.C9H14O3.C8H10O3.3C8H12O3.C7H10O3/c1-9-2-4-5(3-9)8(11)12-6(4)7(9)10;1-9-3-4-2-5(9)7(6(4)10)12-8(9)11;1-9(11)4-2-5-6(3-4)8(10)12-7(5)9;1-9-6-3-4(7(9)10)2-5(6)8(11)12-9;1-8(11)4-3-6-5-9(8,2)12-7(6)10;9-6-3-1-4-5(2-3)8(10)11-7(4)6;1-4-2-5-3-6(7(4)9)11-8(5)10;1-8(10)3-2-5-4-6(8)11-7(5)9;1-8-4-5(7(10)11-8)2-3-6(8)9;8-5-2-1-4-3-6(5)10-7(4)9/h2*4-7,10H,2-3H2,1H3;4-7,11H,2-3H2,1H3;4-7,10H,2-3H2,1H3;6,11H,3-5H2,1-2H3;3-7,9H,1-2H2;4-7,9H,2-3H2,1H3;5-6,10H,2-4H2,1H3;5-6,9H,2-4H2,1H3;4-6,8H,1-3H2. The molecule has 634 valence electrons. The molecule has 0 amide bonds. The van der Waals surface area contributed by atoms with Crippen LogP contribution in [-0.2, 0) is 95.3 Å². The number of carbonyl (C=O) groups excluding carboxylic acids is 10. The average molecular weight is 1610 g/mol. The molecule has 41 atom stereocenters. The fraction of sp³-hybridized carbons (Fsp3) is 0.881. The molecule has 0 spiro atoms. The van der Waals surface area contributed by atoms with Gasteiger partial charge in [-0.2, -0.15) is 0 Å². The minimum Gasteiger partial charge on any atom is -0.459 e. The van der Waals surface area contributed by atoms with Crippen molar-refractivity contribution in [3.8, 4) is 0 Å². The van der Waals surface area contributed by atoms with Gasteiger partial charge in [0.15, 0.2) is 0 Å². The molecule has 15 aliphatic carbocycles. The molecule has 25 rings (SSSR count). The molecule has 0 aromatic rings. The summed E-state index contributed by atoms with van der Waals surface area (Å²) in [6, 6.07) is 0. The second-order valence-electron chi connectivity index (χ2n) is 40.7. The number of aliphatic hydroxyl groups is 10. The Morgan fingerprint density at radius 2 is 0.991 bits per heavy atom. The number of fused-ring (bicyclic) bond motifs is 15. The lowest BCUT2D eigenvalue weighted by Crippen LogP contribution is -2.51. The lowest BCUT2D eigenvalue weighted by Gasteiger charge is -2.40. The van der Waals surface area contributed by atoms with Gasteiger partial charge in [0.1, 0.15) is 70.7 Å². The first kappa shape index (κ1) is 82.0. The quantitative estimate of drug-likeness (QED) is 0.123. The van der Waals surface area contributed by atoms with Gasteiger partial charge in [0.05, 0.1) is 107 Å². The van der Waals surface area contributed by atoms with Gasteiger partial charge in [-0.15, -0.1) is 0 Å². The molecule has 10 heterocycles. The Kier molecular flexibility index (Phi) is 20.7. The van der Waals surface area contributed by atoms with Crippen LogP contribution in [0.3, 0.4) is 0 Å². The van der Waals surface area contributed by atoms with E-state index >= 15 is 0 Å². The zero-order chi connectivity index (χ0) is 81.9. The van der Waals surface area contributed by atoms with Crippen LogP contribution < -0.4 is 0 Å². The summed E-state index contributed by atoms with van der Waals surface area (Å²) in [5.41, 5.74) is -4.38. The maximum absolute atomic E-state index is 11.4. The Balaban J connectivity index is 0.0000000955. The number of ether oxygens (including phenoxy) is 10. The highest BCUT2D eigenvalue weighted by molar-refractivity contribution is 5.82. The predicted molar refractivity (Wildman–Crippen MR) is 386 cm³/mol. The Morgan fingerprint density at radius 3 is 1.61 bits per heavy atom. The van der Waals surface area contributed by atoms with Crippen LogP contribution in [0.4, 0.5) is 0 Å². The number of esters is 10. The highest BCUT2D eigenvalue weighted by atomic mass is 16.6. The van der Waals surface area contributed by atoms with Crippen molar-refractivity contribution in [3.63, 3.8) is 0 Å². The first-order valence-corrected chi connectivity index (χ1v) is 42.4. The van der Waals surface area contributed by atoms with E-state index in [0.29, 0.717) is 91.8 Å². The van der Waals surface area contributed by atoms with Gasteiger partial charge in [0.2, 0.25) is 0 Å². The van der Waals surface area contributed by atoms with Crippen LogP contribution in [0.15, 0.2) is 0 Å². The van der Waals surface area contributed by atoms with Crippen molar-refractivity contribution in [3.05, 3.63) is 0 Å². The Hall–Kier alpha value is -5.70. The third kappa shape index (κ3) is 13.5. The van der Waals surface area contributed by atoms with Gasteiger partial charge < -0.3 is 98.4 Å². The van der Waals surface area contributed by atoms with Gasteiger partial charge in [-0.1, -0.05) is 13.8 Å². The zero-order valence-corrected chi connectivity index (χ0v) is 66.7. The lowest BCUT2D eigenvalue weighted by molar-refractivity contribution is -0.170. The van der Waals surface area contributed by atoms with E-state index in [1.54, 1.807) is 20.8 Å². The molecular weight excluding hydrogens is 1490 g/mol. The van der Waals surface area contributed by atoms with Crippen LogP contribution in [0.2, 0.25) is 0 Å². The maximum atomic E-state index is 11.4. The van der Waals surface area contributed by atoms with E-state index < -0.39 is 64.1 Å². The molecule has 15 saturated carbocycles. The van der Waals surface area contributed by atoms with Gasteiger partial charge in [-0.25, -0.2) is 0 Å². The Bertz CT molecular complexity index is 3840. The van der Waals surface area contributed by atoms with E-state index in [2.05, 4.69) is 6.92 Å². The van der Waals surface area contributed by atoms with Gasteiger partial charge in [0.25, 0.3) is 0 Å². The molecule has 25 fully saturated rings. The summed E-state index contributed by atoms with van der Waals surface area (Å²) in [7, 11) is 0. The molecule has 20 bridgehead atoms. The predicted octanol–water partition coefficient (Wildman–Crippen LogP) is 3.37. The topological polar surface area (TPSA) is 465 Å². The van der Waals surface area contributed by atoms with Gasteiger partial charge in [0, 0.05) is 61.7 Å². The lowest BCUT2D eigenvalue weighted by atomic mass is 9.72. The number of rotatable bonds is 0. The smallest absolute Gasteiger partial charge is 0.312 e. The highest BCUT2D eigenvalue weighted by Gasteiger charge is 2.72. The average Bonchev–Trinajstić information content (AvgIpc) is 1.56. The molecule has 30 heteroatoms. The monoisotopic (exact) mass is 1610 g/mol. The van der Waals surface area contributed by atoms with E-state index in [1.165, 1.54) is 0 Å². The van der Waals surface area contributed by atoms with Crippen molar-refractivity contribution >= 4 is 59.7 Å². The van der Waals surface area contributed by atoms with Gasteiger partial charge in [-0.3, -0.25) is 47.9 Å². The largest absolute Gasteiger partial charge is 0.459 e. The number of hydrogen-bond donors (Lipinski definition) is 10. The fourth-order valence-electron chi connectivity index (χ4n) is 25.8. The molecule has 30 nitrogen and oxygen atoms in total. The van der Waals surface area contributed by atoms with Crippen LogP contribution in [-0.4, -0.2) is 230 Å². The minimum atomic E-state index is -0.838. The summed E-state index contributed by atoms with van der Waals surface area (Å²) < 4.78 is 51.0. The van der Waals surface area contributed by atoms with Crippen molar-refractivity contribution < 1.29 is 146 Å². The molecular formula is C84H118O30. The van der Waals surface area contributed by atoms with Crippen molar-refractivity contribution in [2.75, 3.05) is 0 Å².